The third-order valence-corrected chi connectivity index (χ3v) is 7.16. The number of aromatic amines is 1. The molecule has 1 aliphatic rings. The summed E-state index contributed by atoms with van der Waals surface area (Å²) in [7, 11) is -1.39. The number of alkyl halides is 2. The van der Waals surface area contributed by atoms with E-state index in [1.807, 2.05) is 31.2 Å². The molecule has 2 unspecified atom stereocenters. The molecule has 0 amide bonds. The van der Waals surface area contributed by atoms with Gasteiger partial charge in [0.05, 0.1) is 0 Å². The van der Waals surface area contributed by atoms with Crippen molar-refractivity contribution in [1.29, 1.82) is 0 Å². The SMILES string of the molecule is Cc1c(OCC2(CF)OC[I-]O2)ccnc1CS(=O)c1nc2ccccc2[nH]1. The average molecular weight is 518 g/mol. The van der Waals surface area contributed by atoms with Crippen LogP contribution >= 0.6 is 0 Å². The second-order valence-corrected chi connectivity index (χ2v) is 9.25. The van der Waals surface area contributed by atoms with Crippen LogP contribution in [0.2, 0.25) is 0 Å². The Kier molecular flexibility index (Phi) is 5.90. The molecule has 0 aliphatic carbocycles. The van der Waals surface area contributed by atoms with E-state index in [9.17, 15) is 8.60 Å². The first kappa shape index (κ1) is 19.7. The van der Waals surface area contributed by atoms with Crippen LogP contribution in [0.15, 0.2) is 41.7 Å². The fourth-order valence-corrected chi connectivity index (χ4v) is 5.57. The fraction of sp³-hybridized carbons (Fsp3) is 0.333. The molecule has 1 fully saturated rings. The summed E-state index contributed by atoms with van der Waals surface area (Å²) in [6.07, 6.45) is 1.58. The topological polar surface area (TPSA) is 86.3 Å². The summed E-state index contributed by atoms with van der Waals surface area (Å²) in [4.78, 5) is 11.8. The van der Waals surface area contributed by atoms with Gasteiger partial charge < -0.3 is 0 Å². The van der Waals surface area contributed by atoms with E-state index in [1.54, 1.807) is 12.3 Å². The van der Waals surface area contributed by atoms with Crippen LogP contribution in [0, 0.1) is 6.92 Å². The van der Waals surface area contributed by atoms with Crippen LogP contribution in [0.5, 0.6) is 5.75 Å². The summed E-state index contributed by atoms with van der Waals surface area (Å²) in [5.41, 5.74) is 2.98. The summed E-state index contributed by atoms with van der Waals surface area (Å²) in [5.74, 6) is -0.577. The Morgan fingerprint density at radius 1 is 1.39 bits per heavy atom. The van der Waals surface area contributed by atoms with E-state index in [-0.39, 0.29) is 12.4 Å². The predicted octanol–water partition coefficient (Wildman–Crippen LogP) is -0.373. The van der Waals surface area contributed by atoms with Gasteiger partial charge in [-0.1, -0.05) is 12.1 Å². The van der Waals surface area contributed by atoms with Crippen LogP contribution in [0.3, 0.4) is 0 Å². The van der Waals surface area contributed by atoms with Gasteiger partial charge in [0, 0.05) is 0 Å². The number of ether oxygens (including phenoxy) is 2. The van der Waals surface area contributed by atoms with E-state index in [1.165, 1.54) is 0 Å². The number of halogens is 2. The molecule has 0 radical (unpaired) electrons. The van der Waals surface area contributed by atoms with Gasteiger partial charge in [-0.2, -0.15) is 0 Å². The Morgan fingerprint density at radius 3 is 3.00 bits per heavy atom. The quantitative estimate of drug-likeness (QED) is 0.340. The van der Waals surface area contributed by atoms with Crippen molar-refractivity contribution in [2.45, 2.75) is 23.6 Å². The standard InChI is InChI=1S/C18H18FIN3O4S/c1-12-15(8-28(24)17-22-13-4-2-3-5-14(13)23-17)21-7-6-16(12)25-10-18(9-19)26-11-20-27-18/h2-7H,8-11H2,1H3,(H,22,23)/q-1. The molecular weight excluding hydrogens is 500 g/mol. The molecule has 4 rings (SSSR count). The zero-order chi connectivity index (χ0) is 19.6. The molecule has 2 atom stereocenters. The zero-order valence-electron chi connectivity index (χ0n) is 15.0. The number of fused-ring (bicyclic) bond motifs is 1. The molecule has 150 valence electrons. The van der Waals surface area contributed by atoms with Crippen LogP contribution in [0.1, 0.15) is 11.3 Å². The Bertz CT molecular complexity index is 976. The summed E-state index contributed by atoms with van der Waals surface area (Å²) in [5, 5.41) is 0.404. The summed E-state index contributed by atoms with van der Waals surface area (Å²) >= 11 is -0.603. The van der Waals surface area contributed by atoms with E-state index in [0.717, 1.165) is 16.6 Å². The minimum atomic E-state index is -1.39. The number of pyridine rings is 1. The second-order valence-electron chi connectivity index (χ2n) is 6.20. The van der Waals surface area contributed by atoms with Gasteiger partial charge in [-0.05, 0) is 12.1 Å². The van der Waals surface area contributed by atoms with E-state index < -0.39 is 44.9 Å². The van der Waals surface area contributed by atoms with Crippen molar-refractivity contribution < 1.29 is 42.8 Å². The van der Waals surface area contributed by atoms with Crippen LogP contribution in [0.4, 0.5) is 4.39 Å². The Hall–Kier alpha value is -1.63. The number of nitrogens with one attached hydrogen (secondary N) is 1. The summed E-state index contributed by atoms with van der Waals surface area (Å²) in [6, 6.07) is 9.21. The number of hydrogen-bond acceptors (Lipinski definition) is 6. The number of imidazole rings is 1. The number of nitrogens with zero attached hydrogens (tertiary/aromatic N) is 2. The third kappa shape index (κ3) is 4.04. The number of hydrogen-bond donors (Lipinski definition) is 1. The van der Waals surface area contributed by atoms with Gasteiger partial charge in [0.1, 0.15) is 0 Å². The van der Waals surface area contributed by atoms with Gasteiger partial charge in [0.25, 0.3) is 0 Å². The summed E-state index contributed by atoms with van der Waals surface area (Å²) in [6.45, 7) is 1.03. The first-order valence-electron chi connectivity index (χ1n) is 8.48. The number of rotatable bonds is 7. The molecule has 1 aliphatic heterocycles. The van der Waals surface area contributed by atoms with Gasteiger partial charge in [0.2, 0.25) is 0 Å². The molecule has 3 aromatic rings. The predicted molar refractivity (Wildman–Crippen MR) is 96.4 cm³/mol. The Balaban J connectivity index is 1.49. The molecule has 10 heteroatoms. The monoisotopic (exact) mass is 518 g/mol. The molecule has 0 bridgehead atoms. The molecule has 0 saturated carbocycles. The van der Waals surface area contributed by atoms with Crippen molar-refractivity contribution in [3.05, 3.63) is 47.8 Å². The van der Waals surface area contributed by atoms with Crippen molar-refractivity contribution in [1.82, 2.24) is 15.0 Å². The first-order chi connectivity index (χ1) is 13.6. The molecule has 1 N–H and O–H groups in total. The van der Waals surface area contributed by atoms with Gasteiger partial charge >= 0.3 is 150 Å². The van der Waals surface area contributed by atoms with Crippen LogP contribution in [-0.4, -0.2) is 42.8 Å². The molecule has 7 nitrogen and oxygen atoms in total. The van der Waals surface area contributed by atoms with Crippen molar-refractivity contribution in [3.8, 4) is 5.75 Å². The van der Waals surface area contributed by atoms with Crippen molar-refractivity contribution in [3.63, 3.8) is 0 Å². The molecule has 1 aromatic carbocycles. The maximum absolute atomic E-state index is 13.3. The van der Waals surface area contributed by atoms with E-state index in [4.69, 9.17) is 12.5 Å². The number of benzene rings is 1. The first-order valence-corrected chi connectivity index (χ1v) is 12.2. The van der Waals surface area contributed by atoms with Gasteiger partial charge in [-0.3, -0.25) is 0 Å². The Labute approximate surface area is 174 Å². The number of H-pyrrole nitrogens is 1. The number of para-hydroxylation sites is 2. The average Bonchev–Trinajstić information content (AvgIpc) is 3.36. The number of aromatic nitrogens is 3. The van der Waals surface area contributed by atoms with Crippen LogP contribution in [-0.2, 0) is 24.4 Å². The molecule has 1 saturated heterocycles. The van der Waals surface area contributed by atoms with Crippen molar-refractivity contribution in [2.24, 2.45) is 0 Å². The normalized spacial score (nSPS) is 20.8. The Morgan fingerprint density at radius 2 is 2.25 bits per heavy atom. The third-order valence-electron chi connectivity index (χ3n) is 4.32. The molecule has 0 spiro atoms. The van der Waals surface area contributed by atoms with Gasteiger partial charge in [0.15, 0.2) is 0 Å². The zero-order valence-corrected chi connectivity index (χ0v) is 18.0. The van der Waals surface area contributed by atoms with Gasteiger partial charge in [-0.15, -0.1) is 0 Å². The van der Waals surface area contributed by atoms with Crippen LogP contribution < -0.4 is 26.4 Å². The molecule has 28 heavy (non-hydrogen) atoms. The summed E-state index contributed by atoms with van der Waals surface area (Å²) < 4.78 is 43.1. The van der Waals surface area contributed by atoms with Crippen molar-refractivity contribution >= 4 is 21.8 Å². The maximum atomic E-state index is 13.3. The molecular formula is C18H18FIN3O4S-. The van der Waals surface area contributed by atoms with E-state index >= 15 is 0 Å². The van der Waals surface area contributed by atoms with Gasteiger partial charge in [-0.25, -0.2) is 0 Å². The minimum absolute atomic E-state index is 0.0415. The van der Waals surface area contributed by atoms with Crippen molar-refractivity contribution in [2.75, 3.05) is 17.9 Å². The van der Waals surface area contributed by atoms with E-state index in [0.29, 0.717) is 21.2 Å². The fourth-order valence-electron chi connectivity index (χ4n) is 2.71. The van der Waals surface area contributed by atoms with Crippen LogP contribution in [0.25, 0.3) is 11.0 Å². The van der Waals surface area contributed by atoms with E-state index in [2.05, 4.69) is 15.0 Å². The second kappa shape index (κ2) is 8.39. The molecule has 3 heterocycles. The molecule has 2 aromatic heterocycles.